The molecule has 1 saturated heterocycles. The van der Waals surface area contributed by atoms with Gasteiger partial charge in [0.1, 0.15) is 5.82 Å². The van der Waals surface area contributed by atoms with Gasteiger partial charge in [-0.1, -0.05) is 6.92 Å². The largest absolute Gasteiger partial charge is 0.394 e. The number of aliphatic hydroxyl groups excluding tert-OH is 1. The summed E-state index contributed by atoms with van der Waals surface area (Å²) in [6.45, 7) is 7.45. The molecule has 1 aromatic heterocycles. The summed E-state index contributed by atoms with van der Waals surface area (Å²) in [4.78, 5) is 11.0. The van der Waals surface area contributed by atoms with Crippen LogP contribution in [0.5, 0.6) is 0 Å². The predicted octanol–water partition coefficient (Wildman–Crippen LogP) is 0.880. The van der Waals surface area contributed by atoms with E-state index in [0.29, 0.717) is 0 Å². The van der Waals surface area contributed by atoms with E-state index in [0.717, 1.165) is 44.1 Å². The van der Waals surface area contributed by atoms with Crippen molar-refractivity contribution in [1.29, 1.82) is 0 Å². The van der Waals surface area contributed by atoms with Crippen LogP contribution >= 0.6 is 0 Å². The molecule has 1 aromatic rings. The number of aromatic nitrogens is 2. The zero-order valence-corrected chi connectivity index (χ0v) is 12.2. The standard InChI is InChI=1S/C14H24N4O2/c1-3-4-15-14-6-16-12(5-17-14)8-18-7-11(2)20-13(9-18)10-19/h5-6,11,13,19H,3-4,7-10H2,1-2H3,(H,15,17). The first-order valence-corrected chi connectivity index (χ1v) is 7.24. The van der Waals surface area contributed by atoms with Crippen molar-refractivity contribution in [2.45, 2.75) is 39.0 Å². The Morgan fingerprint density at radius 2 is 2.25 bits per heavy atom. The highest BCUT2D eigenvalue weighted by atomic mass is 16.5. The van der Waals surface area contributed by atoms with Crippen LogP contribution in [0.25, 0.3) is 0 Å². The van der Waals surface area contributed by atoms with E-state index in [-0.39, 0.29) is 18.8 Å². The molecule has 2 heterocycles. The van der Waals surface area contributed by atoms with E-state index in [2.05, 4.69) is 27.1 Å². The molecule has 0 aromatic carbocycles. The Labute approximate surface area is 120 Å². The van der Waals surface area contributed by atoms with Crippen molar-refractivity contribution in [3.05, 3.63) is 18.1 Å². The highest BCUT2D eigenvalue weighted by molar-refractivity contribution is 5.30. The Morgan fingerprint density at radius 3 is 2.90 bits per heavy atom. The molecule has 1 fully saturated rings. The molecule has 1 aliphatic heterocycles. The molecule has 0 saturated carbocycles. The summed E-state index contributed by atoms with van der Waals surface area (Å²) >= 11 is 0. The van der Waals surface area contributed by atoms with Gasteiger partial charge in [0, 0.05) is 26.2 Å². The second kappa shape index (κ2) is 7.52. The lowest BCUT2D eigenvalue weighted by Gasteiger charge is -2.35. The lowest BCUT2D eigenvalue weighted by Crippen LogP contribution is -2.47. The molecule has 2 atom stereocenters. The molecule has 1 aliphatic rings. The number of rotatable bonds is 6. The predicted molar refractivity (Wildman–Crippen MR) is 77.5 cm³/mol. The van der Waals surface area contributed by atoms with Crippen LogP contribution in [0.15, 0.2) is 12.4 Å². The average molecular weight is 280 g/mol. The maximum Gasteiger partial charge on any atom is 0.144 e. The van der Waals surface area contributed by atoms with Crippen LogP contribution in [0.1, 0.15) is 26.0 Å². The Balaban J connectivity index is 1.89. The van der Waals surface area contributed by atoms with Crippen molar-refractivity contribution in [1.82, 2.24) is 14.9 Å². The summed E-state index contributed by atoms with van der Waals surface area (Å²) < 4.78 is 5.63. The van der Waals surface area contributed by atoms with Gasteiger partial charge in [0.25, 0.3) is 0 Å². The first kappa shape index (κ1) is 15.2. The summed E-state index contributed by atoms with van der Waals surface area (Å²) in [5.74, 6) is 0.819. The zero-order valence-electron chi connectivity index (χ0n) is 12.2. The molecule has 6 nitrogen and oxygen atoms in total. The van der Waals surface area contributed by atoms with Crippen LogP contribution < -0.4 is 5.32 Å². The van der Waals surface area contributed by atoms with Crippen LogP contribution in [-0.4, -0.2) is 58.4 Å². The molecule has 0 radical (unpaired) electrons. The molecule has 112 valence electrons. The van der Waals surface area contributed by atoms with Gasteiger partial charge in [0.05, 0.1) is 36.9 Å². The lowest BCUT2D eigenvalue weighted by atomic mass is 10.2. The Bertz CT molecular complexity index is 399. The van der Waals surface area contributed by atoms with Crippen LogP contribution in [0, 0.1) is 0 Å². The Morgan fingerprint density at radius 1 is 1.40 bits per heavy atom. The summed E-state index contributed by atoms with van der Waals surface area (Å²) in [6.07, 6.45) is 4.69. The molecular formula is C14H24N4O2. The minimum absolute atomic E-state index is 0.0619. The molecule has 2 unspecified atom stereocenters. The van der Waals surface area contributed by atoms with Crippen LogP contribution in [-0.2, 0) is 11.3 Å². The number of aliphatic hydroxyl groups is 1. The first-order chi connectivity index (χ1) is 9.71. The number of nitrogens with zero attached hydrogens (tertiary/aromatic N) is 3. The Hall–Kier alpha value is -1.24. The van der Waals surface area contributed by atoms with Gasteiger partial charge in [0.15, 0.2) is 0 Å². The molecule has 0 amide bonds. The van der Waals surface area contributed by atoms with E-state index in [1.54, 1.807) is 6.20 Å². The highest BCUT2D eigenvalue weighted by Crippen LogP contribution is 2.13. The summed E-state index contributed by atoms with van der Waals surface area (Å²) in [6, 6.07) is 0. The van der Waals surface area contributed by atoms with Crippen molar-refractivity contribution in [2.75, 3.05) is 31.6 Å². The molecule has 0 bridgehead atoms. The second-order valence-electron chi connectivity index (χ2n) is 5.27. The molecule has 20 heavy (non-hydrogen) atoms. The number of anilines is 1. The monoisotopic (exact) mass is 280 g/mol. The van der Waals surface area contributed by atoms with Gasteiger partial charge in [-0.05, 0) is 13.3 Å². The van der Waals surface area contributed by atoms with Crippen LogP contribution in [0.2, 0.25) is 0 Å². The van der Waals surface area contributed by atoms with Gasteiger partial charge in [-0.3, -0.25) is 9.88 Å². The van der Waals surface area contributed by atoms with Gasteiger partial charge in [-0.2, -0.15) is 0 Å². The van der Waals surface area contributed by atoms with Crippen molar-refractivity contribution in [2.24, 2.45) is 0 Å². The van der Waals surface area contributed by atoms with E-state index in [4.69, 9.17) is 4.74 Å². The second-order valence-corrected chi connectivity index (χ2v) is 5.27. The third-order valence-corrected chi connectivity index (χ3v) is 3.25. The minimum Gasteiger partial charge on any atom is -0.394 e. The van der Waals surface area contributed by atoms with Crippen molar-refractivity contribution in [3.8, 4) is 0 Å². The number of nitrogens with one attached hydrogen (secondary N) is 1. The van der Waals surface area contributed by atoms with Gasteiger partial charge < -0.3 is 15.2 Å². The van der Waals surface area contributed by atoms with Gasteiger partial charge >= 0.3 is 0 Å². The van der Waals surface area contributed by atoms with Crippen LogP contribution in [0.4, 0.5) is 5.82 Å². The number of hydrogen-bond acceptors (Lipinski definition) is 6. The summed E-state index contributed by atoms with van der Waals surface area (Å²) in [5.41, 5.74) is 0.942. The van der Waals surface area contributed by atoms with Gasteiger partial charge in [-0.25, -0.2) is 4.98 Å². The topological polar surface area (TPSA) is 70.5 Å². The quantitative estimate of drug-likeness (QED) is 0.806. The molecule has 2 N–H and O–H groups in total. The fourth-order valence-electron chi connectivity index (χ4n) is 2.38. The maximum absolute atomic E-state index is 9.22. The third kappa shape index (κ3) is 4.40. The molecule has 0 spiro atoms. The molecule has 6 heteroatoms. The fourth-order valence-corrected chi connectivity index (χ4v) is 2.38. The van der Waals surface area contributed by atoms with E-state index in [1.165, 1.54) is 0 Å². The van der Waals surface area contributed by atoms with Crippen LogP contribution in [0.3, 0.4) is 0 Å². The SMILES string of the molecule is CCCNc1cnc(CN2CC(C)OC(CO)C2)cn1. The maximum atomic E-state index is 9.22. The molecular weight excluding hydrogens is 256 g/mol. The number of ether oxygens (including phenoxy) is 1. The number of morpholine rings is 1. The van der Waals surface area contributed by atoms with E-state index in [9.17, 15) is 5.11 Å². The van der Waals surface area contributed by atoms with E-state index in [1.807, 2.05) is 13.1 Å². The smallest absolute Gasteiger partial charge is 0.144 e. The average Bonchev–Trinajstić information content (AvgIpc) is 2.46. The third-order valence-electron chi connectivity index (χ3n) is 3.25. The summed E-state index contributed by atoms with van der Waals surface area (Å²) in [5, 5.41) is 12.4. The zero-order chi connectivity index (χ0) is 14.4. The fraction of sp³-hybridized carbons (Fsp3) is 0.714. The van der Waals surface area contributed by atoms with E-state index >= 15 is 0 Å². The van der Waals surface area contributed by atoms with Gasteiger partial charge in [0.2, 0.25) is 0 Å². The van der Waals surface area contributed by atoms with Crippen molar-refractivity contribution >= 4 is 5.82 Å². The molecule has 0 aliphatic carbocycles. The van der Waals surface area contributed by atoms with Crippen molar-refractivity contribution < 1.29 is 9.84 Å². The Kier molecular flexibility index (Phi) is 5.70. The van der Waals surface area contributed by atoms with E-state index < -0.39 is 0 Å². The summed E-state index contributed by atoms with van der Waals surface area (Å²) in [7, 11) is 0. The highest BCUT2D eigenvalue weighted by Gasteiger charge is 2.24. The minimum atomic E-state index is -0.0998. The lowest BCUT2D eigenvalue weighted by molar-refractivity contribution is -0.0975. The first-order valence-electron chi connectivity index (χ1n) is 7.24. The normalized spacial score (nSPS) is 23.8. The van der Waals surface area contributed by atoms with Gasteiger partial charge in [-0.15, -0.1) is 0 Å². The molecule has 2 rings (SSSR count). The number of hydrogen-bond donors (Lipinski definition) is 2. The van der Waals surface area contributed by atoms with Crippen molar-refractivity contribution in [3.63, 3.8) is 0 Å².